The van der Waals surface area contributed by atoms with E-state index in [1.165, 1.54) is 0 Å². The fourth-order valence-corrected chi connectivity index (χ4v) is 8.71. The van der Waals surface area contributed by atoms with Gasteiger partial charge in [0.05, 0.1) is 45.2 Å². The van der Waals surface area contributed by atoms with Gasteiger partial charge in [-0.15, -0.1) is 0 Å². The summed E-state index contributed by atoms with van der Waals surface area (Å²) >= 11 is 0. The maximum atomic E-state index is 13.4. The molecular formula is C38H64N2O29. The quantitative estimate of drug-likeness (QED) is 0.0571. The van der Waals surface area contributed by atoms with Crippen molar-refractivity contribution in [3.63, 3.8) is 0 Å². The number of rotatable bonds is 19. The first kappa shape index (κ1) is 57.3. The molecule has 5 heterocycles. The van der Waals surface area contributed by atoms with Crippen molar-refractivity contribution in [1.82, 2.24) is 10.6 Å². The molecule has 0 aromatic carbocycles. The first-order valence-electron chi connectivity index (χ1n) is 21.6. The van der Waals surface area contributed by atoms with Crippen molar-refractivity contribution >= 4 is 17.8 Å². The number of carbonyl (C=O) groups is 3. The van der Waals surface area contributed by atoms with Crippen LogP contribution in [0.25, 0.3) is 0 Å². The van der Waals surface area contributed by atoms with E-state index in [-0.39, 0.29) is 0 Å². The second-order valence-corrected chi connectivity index (χ2v) is 17.1. The molecule has 5 saturated heterocycles. The van der Waals surface area contributed by atoms with Crippen molar-refractivity contribution in [2.24, 2.45) is 0 Å². The van der Waals surface area contributed by atoms with Crippen LogP contribution in [0, 0.1) is 0 Å². The van der Waals surface area contributed by atoms with Gasteiger partial charge in [0, 0.05) is 27.4 Å². The summed E-state index contributed by atoms with van der Waals surface area (Å²) in [6.07, 6.45) is -47.1. The van der Waals surface area contributed by atoms with Gasteiger partial charge in [-0.1, -0.05) is 0 Å². The van der Waals surface area contributed by atoms with Gasteiger partial charge in [-0.05, 0) is 0 Å². The summed E-state index contributed by atoms with van der Waals surface area (Å²) in [7, 11) is 1.10. The van der Waals surface area contributed by atoms with Crippen LogP contribution in [0.4, 0.5) is 0 Å². The molecule has 0 aromatic rings. The molecular weight excluding hydrogens is 948 g/mol. The highest BCUT2D eigenvalue weighted by Crippen LogP contribution is 2.40. The van der Waals surface area contributed by atoms with E-state index in [0.717, 1.165) is 21.0 Å². The molecule has 400 valence electrons. The molecule has 5 aliphatic heterocycles. The minimum atomic E-state index is -3.31. The van der Waals surface area contributed by atoms with Crippen LogP contribution in [0.3, 0.4) is 0 Å². The standard InChI is InChI=1S/C38H64N2O29/c1-10(46)39-18-12(48)4-38(37(58)59,68-31(18)20(50)13(49)5-41)69-32-27(57)36(65-28-16(8-44)63-34(60-3)26(56)24(28)54)64-17(9-45)29(32)66-33-19(40-11(2)47)30(22(52)15(7-43)61-33)67-35-25(55)23(53)21(51)14(6-42)62-35/h12-36,41-45,48-57H,4-9H2,1-3H3,(H,39,46)(H,40,47)(H,58,59)/t12-,13+,14+,15+,16+,17+,18+,19+,20-,21-,22-,23-,24+,25+,26+,27+,28+,29-,30+,31+,32+,33-,34+,35-,36-,38-/m0/s1. The summed E-state index contributed by atoms with van der Waals surface area (Å²) in [4.78, 5) is 38.4. The number of aliphatic hydroxyl groups excluding tert-OH is 15. The molecule has 0 saturated carbocycles. The molecule has 18 N–H and O–H groups in total. The van der Waals surface area contributed by atoms with E-state index in [2.05, 4.69) is 10.6 Å². The normalized spacial score (nSPS) is 46.1. The van der Waals surface area contributed by atoms with Crippen LogP contribution in [0.2, 0.25) is 0 Å². The van der Waals surface area contributed by atoms with Crippen LogP contribution in [0.5, 0.6) is 0 Å². The number of hydrogen-bond donors (Lipinski definition) is 18. The van der Waals surface area contributed by atoms with E-state index in [4.69, 9.17) is 47.4 Å². The lowest BCUT2D eigenvalue weighted by Crippen LogP contribution is -2.72. The second kappa shape index (κ2) is 24.4. The summed E-state index contributed by atoms with van der Waals surface area (Å²) in [6, 6.07) is -3.57. The molecule has 0 bridgehead atoms. The lowest BCUT2D eigenvalue weighted by molar-refractivity contribution is -0.403. The predicted molar refractivity (Wildman–Crippen MR) is 212 cm³/mol. The molecule has 0 spiro atoms. The number of ether oxygens (including phenoxy) is 10. The highest BCUT2D eigenvalue weighted by molar-refractivity contribution is 5.76. The fourth-order valence-electron chi connectivity index (χ4n) is 8.71. The Bertz CT molecular complexity index is 1670. The molecule has 0 aliphatic carbocycles. The van der Waals surface area contributed by atoms with E-state index in [1.54, 1.807) is 0 Å². The van der Waals surface area contributed by atoms with Gasteiger partial charge in [-0.25, -0.2) is 4.79 Å². The van der Waals surface area contributed by atoms with E-state index >= 15 is 0 Å². The van der Waals surface area contributed by atoms with E-state index in [1.807, 2.05) is 0 Å². The van der Waals surface area contributed by atoms with Gasteiger partial charge < -0.3 is 140 Å². The zero-order chi connectivity index (χ0) is 51.4. The molecule has 31 heteroatoms. The van der Waals surface area contributed by atoms with Crippen molar-refractivity contribution in [2.75, 3.05) is 40.1 Å². The van der Waals surface area contributed by atoms with Crippen LogP contribution in [0.15, 0.2) is 0 Å². The average Bonchev–Trinajstić information content (AvgIpc) is 3.31. The number of aliphatic hydroxyl groups is 15. The number of amides is 2. The van der Waals surface area contributed by atoms with Crippen LogP contribution in [0.1, 0.15) is 20.3 Å². The Morgan fingerprint density at radius 3 is 1.61 bits per heavy atom. The molecule has 26 atom stereocenters. The Morgan fingerprint density at radius 1 is 0.580 bits per heavy atom. The maximum absolute atomic E-state index is 13.4. The zero-order valence-electron chi connectivity index (χ0n) is 37.1. The van der Waals surface area contributed by atoms with Gasteiger partial charge in [-0.3, -0.25) is 9.59 Å². The topological polar surface area (TPSA) is 491 Å². The van der Waals surface area contributed by atoms with E-state index in [0.29, 0.717) is 0 Å². The molecule has 0 aromatic heterocycles. The van der Waals surface area contributed by atoms with Crippen LogP contribution < -0.4 is 10.6 Å². The minimum absolute atomic E-state index is 0.848. The Kier molecular flexibility index (Phi) is 20.3. The van der Waals surface area contributed by atoms with E-state index < -0.39 is 216 Å². The van der Waals surface area contributed by atoms with Gasteiger partial charge >= 0.3 is 5.97 Å². The summed E-state index contributed by atoms with van der Waals surface area (Å²) in [5.41, 5.74) is 0. The van der Waals surface area contributed by atoms with Crippen LogP contribution in [-0.4, -0.2) is 299 Å². The summed E-state index contributed by atoms with van der Waals surface area (Å²) in [5.74, 6) is -7.19. The van der Waals surface area contributed by atoms with Crippen LogP contribution >= 0.6 is 0 Å². The van der Waals surface area contributed by atoms with Gasteiger partial charge in [-0.2, -0.15) is 0 Å². The number of nitrogens with one attached hydrogen (secondary N) is 2. The van der Waals surface area contributed by atoms with Crippen molar-refractivity contribution < 1.29 is 143 Å². The lowest BCUT2D eigenvalue weighted by Gasteiger charge is -2.52. The largest absolute Gasteiger partial charge is 0.477 e. The van der Waals surface area contributed by atoms with Crippen molar-refractivity contribution in [3.8, 4) is 0 Å². The molecule has 31 nitrogen and oxygen atoms in total. The predicted octanol–water partition coefficient (Wildman–Crippen LogP) is -11.8. The first-order valence-corrected chi connectivity index (χ1v) is 21.6. The summed E-state index contributed by atoms with van der Waals surface area (Å²) < 4.78 is 57.3. The SMILES string of the molecule is CO[C@@H]1O[C@H](CO)[C@@H](O[C@@H]2O[C@H](CO)[C@H](O[C@@H]3O[C@H](CO)[C@H](O)[C@H](O[C@@H]4O[C@H](CO)[C@H](O)[C@H](O)[C@H]4O)[C@H]3NC(C)=O)[C@H](O[C@]3(C(=O)O)C[C@H](O)[C@@H](NC(C)=O)[C@H]([C@@H](O)[C@H](O)CO)O3)[C@H]2O)[C@H](O)[C@H]1O. The van der Waals surface area contributed by atoms with Crippen molar-refractivity contribution in [1.29, 1.82) is 0 Å². The third-order valence-electron chi connectivity index (χ3n) is 12.3. The molecule has 0 radical (unpaired) electrons. The molecule has 5 aliphatic rings. The Balaban J connectivity index is 1.61. The van der Waals surface area contributed by atoms with Gasteiger partial charge in [0.2, 0.25) is 11.8 Å². The second-order valence-electron chi connectivity index (χ2n) is 17.1. The molecule has 69 heavy (non-hydrogen) atoms. The number of carboxylic acids is 1. The summed E-state index contributed by atoms with van der Waals surface area (Å²) in [5, 5.41) is 176. The third-order valence-corrected chi connectivity index (χ3v) is 12.3. The van der Waals surface area contributed by atoms with Crippen LogP contribution in [-0.2, 0) is 61.8 Å². The molecule has 5 fully saturated rings. The van der Waals surface area contributed by atoms with Gasteiger partial charge in [0.15, 0.2) is 25.2 Å². The average molecular weight is 1010 g/mol. The fraction of sp³-hybridized carbons (Fsp3) is 0.921. The lowest BCUT2D eigenvalue weighted by atomic mass is 9.88. The summed E-state index contributed by atoms with van der Waals surface area (Å²) in [6.45, 7) is -3.33. The number of aliphatic carboxylic acids is 1. The Labute approximate surface area is 391 Å². The number of hydrogen-bond acceptors (Lipinski definition) is 28. The smallest absolute Gasteiger partial charge is 0.364 e. The third kappa shape index (κ3) is 12.3. The number of methoxy groups -OCH3 is 1. The zero-order valence-corrected chi connectivity index (χ0v) is 37.1. The molecule has 2 amide bonds. The highest BCUT2D eigenvalue weighted by Gasteiger charge is 2.62. The monoisotopic (exact) mass is 1010 g/mol. The van der Waals surface area contributed by atoms with Gasteiger partial charge in [0.25, 0.3) is 5.79 Å². The number of carbonyl (C=O) groups excluding carboxylic acids is 2. The first-order chi connectivity index (χ1) is 32.5. The van der Waals surface area contributed by atoms with Crippen molar-refractivity contribution in [2.45, 2.75) is 179 Å². The number of carboxylic acid groups (broad SMARTS) is 1. The molecule has 0 unspecified atom stereocenters. The van der Waals surface area contributed by atoms with Crippen molar-refractivity contribution in [3.05, 3.63) is 0 Å². The maximum Gasteiger partial charge on any atom is 0.364 e. The minimum Gasteiger partial charge on any atom is -0.477 e. The Morgan fingerprint density at radius 2 is 1.06 bits per heavy atom. The van der Waals surface area contributed by atoms with Gasteiger partial charge in [0.1, 0.15) is 116 Å². The highest BCUT2D eigenvalue weighted by atomic mass is 16.8. The van der Waals surface area contributed by atoms with E-state index in [9.17, 15) is 96.1 Å². The molecule has 5 rings (SSSR count). The Hall–Kier alpha value is -2.59.